The van der Waals surface area contributed by atoms with Crippen LogP contribution < -0.4 is 0 Å². The van der Waals surface area contributed by atoms with E-state index in [9.17, 15) is 0 Å². The minimum absolute atomic E-state index is 1.51. The van der Waals surface area contributed by atoms with E-state index in [-0.39, 0.29) is 0 Å². The first-order valence-corrected chi connectivity index (χ1v) is 17.0. The Bertz CT molecular complexity index is 335. The molecule has 0 fully saturated rings. The second-order valence-electron chi connectivity index (χ2n) is 6.03. The van der Waals surface area contributed by atoms with Gasteiger partial charge in [-0.25, -0.2) is 0 Å². The molecule has 0 saturated carbocycles. The minimum atomic E-state index is -3.12. The number of hydrogen-bond donors (Lipinski definition) is 0. The van der Waals surface area contributed by atoms with Gasteiger partial charge in [0.2, 0.25) is 0 Å². The summed E-state index contributed by atoms with van der Waals surface area (Å²) in [6.45, 7) is 15.9. The molecule has 0 saturated heterocycles. The van der Waals surface area contributed by atoms with Gasteiger partial charge in [-0.3, -0.25) is 0 Å². The Balaban J connectivity index is 4.97. The fourth-order valence-corrected chi connectivity index (χ4v) is 17.1. The van der Waals surface area contributed by atoms with Crippen LogP contribution in [0, 0.1) is 0 Å². The van der Waals surface area contributed by atoms with Gasteiger partial charge in [0.25, 0.3) is 0 Å². The lowest BCUT2D eigenvalue weighted by Gasteiger charge is -2.39. The third kappa shape index (κ3) is 7.45. The molecule has 0 heterocycles. The van der Waals surface area contributed by atoms with Gasteiger partial charge < -0.3 is 25.6 Å². The highest BCUT2D eigenvalue weighted by Gasteiger charge is 2.51. The predicted molar refractivity (Wildman–Crippen MR) is 92.7 cm³/mol. The molecule has 0 aliphatic heterocycles. The van der Waals surface area contributed by atoms with Crippen molar-refractivity contribution >= 4 is 34.5 Å². The maximum Gasteiger partial charge on any atom is 0.669 e. The molecule has 6 nitrogen and oxygen atoms in total. The maximum atomic E-state index is 6.24. The molecular formula is C11H30O6Si4. The zero-order valence-corrected chi connectivity index (χ0v) is 18.7. The highest BCUT2D eigenvalue weighted by Crippen LogP contribution is 2.24. The van der Waals surface area contributed by atoms with E-state index >= 15 is 0 Å². The summed E-state index contributed by atoms with van der Waals surface area (Å²) in [5, 5.41) is 0. The van der Waals surface area contributed by atoms with Gasteiger partial charge in [-0.15, -0.1) is 6.58 Å². The van der Waals surface area contributed by atoms with Crippen molar-refractivity contribution in [3.63, 3.8) is 0 Å². The van der Waals surface area contributed by atoms with E-state index in [0.717, 1.165) is 0 Å². The molecule has 0 aromatic carbocycles. The Morgan fingerprint density at radius 1 is 0.667 bits per heavy atom. The molecule has 10 heteroatoms. The van der Waals surface area contributed by atoms with Gasteiger partial charge in [-0.2, -0.15) is 0 Å². The third-order valence-corrected chi connectivity index (χ3v) is 16.1. The first-order valence-electron chi connectivity index (χ1n) is 6.76. The Kier molecular flexibility index (Phi) is 7.90. The molecule has 0 N–H and O–H groups in total. The molecule has 0 amide bonds. The van der Waals surface area contributed by atoms with Crippen LogP contribution in [0.5, 0.6) is 0 Å². The van der Waals surface area contributed by atoms with Crippen molar-refractivity contribution < 1.29 is 25.6 Å². The first kappa shape index (κ1) is 21.4. The maximum absolute atomic E-state index is 6.24. The second kappa shape index (κ2) is 7.76. The molecule has 0 spiro atoms. The van der Waals surface area contributed by atoms with Crippen molar-refractivity contribution in [1.82, 2.24) is 0 Å². The van der Waals surface area contributed by atoms with Gasteiger partial charge >= 0.3 is 26.2 Å². The Morgan fingerprint density at radius 2 is 1.05 bits per heavy atom. The van der Waals surface area contributed by atoms with Crippen LogP contribution in [0.2, 0.25) is 39.3 Å². The van der Waals surface area contributed by atoms with E-state index < -0.39 is 34.5 Å². The third-order valence-electron chi connectivity index (χ3n) is 2.61. The molecule has 0 aromatic rings. The van der Waals surface area contributed by atoms with E-state index in [1.54, 1.807) is 0 Å². The monoisotopic (exact) mass is 370 g/mol. The van der Waals surface area contributed by atoms with Crippen LogP contribution >= 0.6 is 0 Å². The fraction of sp³-hybridized carbons (Fsp3) is 0.818. The van der Waals surface area contributed by atoms with Crippen LogP contribution in [-0.2, 0) is 25.6 Å². The van der Waals surface area contributed by atoms with Gasteiger partial charge in [0, 0.05) is 21.3 Å². The normalized spacial score (nSPS) is 14.3. The molecular weight excluding hydrogens is 340 g/mol. The van der Waals surface area contributed by atoms with Crippen LogP contribution in [0.4, 0.5) is 0 Å². The molecule has 0 rings (SSSR count). The number of hydrogen-bond acceptors (Lipinski definition) is 6. The minimum Gasteiger partial charge on any atom is -0.433 e. The standard InChI is InChI=1S/C11H30O6Si4/c1-11-18(5,6)15-19(7,8)16-20(9,10)17-21(12-2,13-3)14-4/h11H,1H2,2-10H3. The van der Waals surface area contributed by atoms with E-state index in [1.807, 2.05) is 31.9 Å². The van der Waals surface area contributed by atoms with Crippen molar-refractivity contribution in [3.8, 4) is 0 Å². The van der Waals surface area contributed by atoms with Gasteiger partial charge in [0.05, 0.1) is 0 Å². The molecule has 0 atom stereocenters. The fourth-order valence-electron chi connectivity index (χ4n) is 1.98. The smallest absolute Gasteiger partial charge is 0.433 e. The summed E-state index contributed by atoms with van der Waals surface area (Å²) in [6, 6.07) is 0. The second-order valence-corrected chi connectivity index (χ2v) is 19.9. The molecule has 0 aliphatic carbocycles. The summed E-state index contributed by atoms with van der Waals surface area (Å²) in [5.74, 6) is 0. The largest absolute Gasteiger partial charge is 0.669 e. The highest BCUT2D eigenvalue weighted by atomic mass is 28.5. The summed E-state index contributed by atoms with van der Waals surface area (Å²) >= 11 is 0. The SMILES string of the molecule is C=C[Si](C)(C)O[Si](C)(C)O[Si](C)(C)O[Si](OC)(OC)OC. The summed E-state index contributed by atoms with van der Waals surface area (Å²) in [7, 11) is -5.39. The van der Waals surface area contributed by atoms with Crippen molar-refractivity contribution in [2.45, 2.75) is 39.3 Å². The number of rotatable bonds is 10. The van der Waals surface area contributed by atoms with Gasteiger partial charge in [0.1, 0.15) is 0 Å². The van der Waals surface area contributed by atoms with Crippen LogP contribution in [-0.4, -0.2) is 55.8 Å². The lowest BCUT2D eigenvalue weighted by Crippen LogP contribution is -2.59. The van der Waals surface area contributed by atoms with Crippen molar-refractivity contribution in [2.75, 3.05) is 21.3 Å². The van der Waals surface area contributed by atoms with Crippen LogP contribution in [0.25, 0.3) is 0 Å². The summed E-state index contributed by atoms with van der Waals surface area (Å²) in [5.41, 5.74) is 1.90. The average molecular weight is 371 g/mol. The van der Waals surface area contributed by atoms with Crippen LogP contribution in [0.15, 0.2) is 12.3 Å². The average Bonchev–Trinajstić information content (AvgIpc) is 2.33. The van der Waals surface area contributed by atoms with E-state index in [0.29, 0.717) is 0 Å². The van der Waals surface area contributed by atoms with Crippen LogP contribution in [0.1, 0.15) is 0 Å². The summed E-state index contributed by atoms with van der Waals surface area (Å²) in [6.07, 6.45) is 0. The molecule has 126 valence electrons. The quantitative estimate of drug-likeness (QED) is 0.551. The van der Waals surface area contributed by atoms with Gasteiger partial charge in [-0.1, -0.05) is 5.70 Å². The van der Waals surface area contributed by atoms with Crippen molar-refractivity contribution in [2.24, 2.45) is 0 Å². The topological polar surface area (TPSA) is 55.4 Å². The zero-order chi connectivity index (χ0) is 16.9. The summed E-state index contributed by atoms with van der Waals surface area (Å²) in [4.78, 5) is 0. The van der Waals surface area contributed by atoms with E-state index in [2.05, 4.69) is 19.7 Å². The van der Waals surface area contributed by atoms with E-state index in [4.69, 9.17) is 25.6 Å². The Morgan fingerprint density at radius 3 is 1.38 bits per heavy atom. The highest BCUT2D eigenvalue weighted by molar-refractivity contribution is 6.89. The molecule has 0 bridgehead atoms. The lowest BCUT2D eigenvalue weighted by atomic mass is 11.3. The van der Waals surface area contributed by atoms with Gasteiger partial charge in [-0.05, 0) is 39.3 Å². The van der Waals surface area contributed by atoms with E-state index in [1.165, 1.54) is 21.3 Å². The predicted octanol–water partition coefficient (Wildman–Crippen LogP) is 2.74. The zero-order valence-electron chi connectivity index (χ0n) is 14.7. The van der Waals surface area contributed by atoms with Crippen molar-refractivity contribution in [3.05, 3.63) is 12.3 Å². The van der Waals surface area contributed by atoms with Crippen molar-refractivity contribution in [1.29, 1.82) is 0 Å². The lowest BCUT2D eigenvalue weighted by molar-refractivity contribution is 0.0405. The Labute approximate surface area is 133 Å². The molecule has 21 heavy (non-hydrogen) atoms. The Hall–Kier alpha value is 0.368. The molecule has 0 radical (unpaired) electrons. The molecule has 0 unspecified atom stereocenters. The first-order chi connectivity index (χ1) is 9.36. The summed E-state index contributed by atoms with van der Waals surface area (Å²) < 4.78 is 34.3. The van der Waals surface area contributed by atoms with Gasteiger partial charge in [0.15, 0.2) is 8.32 Å². The molecule has 0 aromatic heterocycles. The molecule has 0 aliphatic rings. The van der Waals surface area contributed by atoms with Crippen LogP contribution in [0.3, 0.4) is 0 Å².